The van der Waals surface area contributed by atoms with E-state index in [9.17, 15) is 17.6 Å². The number of aromatic nitrogens is 2. The van der Waals surface area contributed by atoms with Gasteiger partial charge in [0.05, 0.1) is 0 Å². The number of carbonyl (C=O) groups is 1. The summed E-state index contributed by atoms with van der Waals surface area (Å²) in [6.07, 6.45) is 1.50. The van der Waals surface area contributed by atoms with Gasteiger partial charge in [0.1, 0.15) is 16.2 Å². The number of hydrogen-bond acceptors (Lipinski definition) is 6. The standard InChI is InChI=1S/C13H13FN4O3S2/c14-10-4-3-9(12(19)16-13-17-15-8-22-13)7-11(10)23(20,21)18-5-1-2-6-18/h3-4,7-8H,1-2,5-6H2,(H,16,17,19). The highest BCUT2D eigenvalue weighted by molar-refractivity contribution is 7.89. The number of rotatable bonds is 4. The lowest BCUT2D eigenvalue weighted by atomic mass is 10.2. The number of nitrogens with one attached hydrogen (secondary N) is 1. The Morgan fingerprint density at radius 2 is 2.04 bits per heavy atom. The number of halogens is 1. The second-order valence-corrected chi connectivity index (χ2v) is 7.69. The summed E-state index contributed by atoms with van der Waals surface area (Å²) in [6, 6.07) is 3.27. The molecule has 0 spiro atoms. The van der Waals surface area contributed by atoms with E-state index in [1.54, 1.807) is 0 Å². The van der Waals surface area contributed by atoms with Crippen molar-refractivity contribution in [3.63, 3.8) is 0 Å². The first-order valence-electron chi connectivity index (χ1n) is 6.86. The summed E-state index contributed by atoms with van der Waals surface area (Å²) in [5, 5.41) is 10.0. The van der Waals surface area contributed by atoms with E-state index in [1.165, 1.54) is 15.9 Å². The summed E-state index contributed by atoms with van der Waals surface area (Å²) in [5.41, 5.74) is 1.49. The molecule has 3 rings (SSSR count). The summed E-state index contributed by atoms with van der Waals surface area (Å²) >= 11 is 1.12. The molecule has 1 aromatic heterocycles. The minimum Gasteiger partial charge on any atom is -0.296 e. The van der Waals surface area contributed by atoms with E-state index >= 15 is 0 Å². The van der Waals surface area contributed by atoms with Crippen molar-refractivity contribution in [1.82, 2.24) is 14.5 Å². The van der Waals surface area contributed by atoms with Gasteiger partial charge in [0.2, 0.25) is 15.2 Å². The average molecular weight is 356 g/mol. The van der Waals surface area contributed by atoms with Crippen LogP contribution >= 0.6 is 11.3 Å². The average Bonchev–Trinajstić information content (AvgIpc) is 3.21. The highest BCUT2D eigenvalue weighted by Crippen LogP contribution is 2.24. The van der Waals surface area contributed by atoms with Gasteiger partial charge in [-0.2, -0.15) is 4.31 Å². The Bertz CT molecular complexity index is 818. The van der Waals surface area contributed by atoms with E-state index < -0.39 is 26.6 Å². The molecule has 2 aromatic rings. The number of anilines is 1. The zero-order valence-electron chi connectivity index (χ0n) is 11.9. The predicted octanol–water partition coefficient (Wildman–Crippen LogP) is 1.71. The van der Waals surface area contributed by atoms with Crippen LogP contribution in [-0.2, 0) is 10.0 Å². The largest absolute Gasteiger partial charge is 0.296 e. The number of carbonyl (C=O) groups excluding carboxylic acids is 1. The third-order valence-electron chi connectivity index (χ3n) is 3.46. The minimum atomic E-state index is -3.93. The smallest absolute Gasteiger partial charge is 0.257 e. The first kappa shape index (κ1) is 16.0. The molecule has 0 saturated carbocycles. The number of benzene rings is 1. The fraction of sp³-hybridized carbons (Fsp3) is 0.308. The van der Waals surface area contributed by atoms with Crippen molar-refractivity contribution in [2.75, 3.05) is 18.4 Å². The van der Waals surface area contributed by atoms with Crippen molar-refractivity contribution >= 4 is 32.4 Å². The molecular weight excluding hydrogens is 343 g/mol. The summed E-state index contributed by atoms with van der Waals surface area (Å²) in [7, 11) is -3.93. The molecule has 0 unspecified atom stereocenters. The maximum atomic E-state index is 14.0. The van der Waals surface area contributed by atoms with Crippen LogP contribution in [0.5, 0.6) is 0 Å². The van der Waals surface area contributed by atoms with Crippen molar-refractivity contribution in [2.45, 2.75) is 17.7 Å². The molecule has 7 nitrogen and oxygen atoms in total. The quantitative estimate of drug-likeness (QED) is 0.900. The molecule has 122 valence electrons. The van der Waals surface area contributed by atoms with Crippen molar-refractivity contribution < 1.29 is 17.6 Å². The summed E-state index contributed by atoms with van der Waals surface area (Å²) in [4.78, 5) is 11.6. The molecule has 2 heterocycles. The van der Waals surface area contributed by atoms with Crippen molar-refractivity contribution in [3.05, 3.63) is 35.1 Å². The van der Waals surface area contributed by atoms with Gasteiger partial charge < -0.3 is 0 Å². The molecular formula is C13H13FN4O3S2. The lowest BCUT2D eigenvalue weighted by molar-refractivity contribution is 0.102. The highest BCUT2D eigenvalue weighted by atomic mass is 32.2. The number of nitrogens with zero attached hydrogens (tertiary/aromatic N) is 3. The zero-order valence-corrected chi connectivity index (χ0v) is 13.5. The summed E-state index contributed by atoms with van der Waals surface area (Å²) in [5.74, 6) is -1.44. The Balaban J connectivity index is 1.91. The van der Waals surface area contributed by atoms with Gasteiger partial charge in [-0.25, -0.2) is 12.8 Å². The van der Waals surface area contributed by atoms with Gasteiger partial charge in [-0.3, -0.25) is 10.1 Å². The molecule has 1 aromatic carbocycles. The first-order chi connectivity index (χ1) is 11.0. The topological polar surface area (TPSA) is 92.3 Å². The Labute approximate surface area is 136 Å². The SMILES string of the molecule is O=C(Nc1nncs1)c1ccc(F)c(S(=O)(=O)N2CCCC2)c1. The number of sulfonamides is 1. The van der Waals surface area contributed by atoms with Crippen molar-refractivity contribution in [2.24, 2.45) is 0 Å². The van der Waals surface area contributed by atoms with Gasteiger partial charge in [-0.1, -0.05) is 11.3 Å². The van der Waals surface area contributed by atoms with Crippen LogP contribution in [0.3, 0.4) is 0 Å². The second-order valence-electron chi connectivity index (χ2n) is 4.95. The molecule has 1 amide bonds. The summed E-state index contributed by atoms with van der Waals surface area (Å²) in [6.45, 7) is 0.728. The van der Waals surface area contributed by atoms with E-state index in [2.05, 4.69) is 15.5 Å². The first-order valence-corrected chi connectivity index (χ1v) is 9.17. The lowest BCUT2D eigenvalue weighted by Gasteiger charge is -2.16. The summed E-state index contributed by atoms with van der Waals surface area (Å²) < 4.78 is 40.2. The van der Waals surface area contributed by atoms with Crippen molar-refractivity contribution in [1.29, 1.82) is 0 Å². The molecule has 0 atom stereocenters. The van der Waals surface area contributed by atoms with Gasteiger partial charge >= 0.3 is 0 Å². The van der Waals surface area contributed by atoms with Gasteiger partial charge in [0.25, 0.3) is 5.91 Å². The third-order valence-corrected chi connectivity index (χ3v) is 5.98. The lowest BCUT2D eigenvalue weighted by Crippen LogP contribution is -2.29. The normalized spacial score (nSPS) is 15.7. The van der Waals surface area contributed by atoms with Gasteiger partial charge in [-0.05, 0) is 31.0 Å². The predicted molar refractivity (Wildman–Crippen MR) is 82.3 cm³/mol. The van der Waals surface area contributed by atoms with Crippen LogP contribution in [0.15, 0.2) is 28.6 Å². The van der Waals surface area contributed by atoms with E-state index in [0.29, 0.717) is 13.1 Å². The van der Waals surface area contributed by atoms with Crippen LogP contribution in [0.2, 0.25) is 0 Å². The van der Waals surface area contributed by atoms with Gasteiger partial charge in [-0.15, -0.1) is 10.2 Å². The van der Waals surface area contributed by atoms with Gasteiger partial charge in [0, 0.05) is 18.7 Å². The van der Waals surface area contributed by atoms with E-state index in [-0.39, 0.29) is 10.7 Å². The molecule has 23 heavy (non-hydrogen) atoms. The Hall–Kier alpha value is -1.91. The van der Waals surface area contributed by atoms with E-state index in [1.807, 2.05) is 0 Å². The zero-order chi connectivity index (χ0) is 16.4. The Morgan fingerprint density at radius 1 is 1.30 bits per heavy atom. The Kier molecular flexibility index (Phi) is 4.37. The van der Waals surface area contributed by atoms with Crippen molar-refractivity contribution in [3.8, 4) is 0 Å². The highest BCUT2D eigenvalue weighted by Gasteiger charge is 2.30. The van der Waals surface area contributed by atoms with Gasteiger partial charge in [0.15, 0.2) is 0 Å². The monoisotopic (exact) mass is 356 g/mol. The second kappa shape index (κ2) is 6.30. The van der Waals surface area contributed by atoms with Crippen LogP contribution in [-0.4, -0.2) is 41.9 Å². The van der Waals surface area contributed by atoms with Crippen LogP contribution < -0.4 is 5.32 Å². The molecule has 1 N–H and O–H groups in total. The fourth-order valence-corrected chi connectivity index (χ4v) is 4.35. The molecule has 1 aliphatic rings. The minimum absolute atomic E-state index is 0.0411. The Morgan fingerprint density at radius 3 is 2.70 bits per heavy atom. The maximum absolute atomic E-state index is 14.0. The van der Waals surface area contributed by atoms with Crippen LogP contribution in [0, 0.1) is 5.82 Å². The molecule has 10 heteroatoms. The molecule has 0 radical (unpaired) electrons. The molecule has 1 fully saturated rings. The maximum Gasteiger partial charge on any atom is 0.257 e. The van der Waals surface area contributed by atoms with Crippen LogP contribution in [0.25, 0.3) is 0 Å². The molecule has 1 aliphatic heterocycles. The molecule has 1 saturated heterocycles. The number of amides is 1. The number of hydrogen-bond donors (Lipinski definition) is 1. The van der Waals surface area contributed by atoms with E-state index in [0.717, 1.165) is 36.3 Å². The van der Waals surface area contributed by atoms with Crippen LogP contribution in [0.4, 0.5) is 9.52 Å². The third kappa shape index (κ3) is 3.23. The van der Waals surface area contributed by atoms with E-state index in [4.69, 9.17) is 0 Å². The fourth-order valence-electron chi connectivity index (χ4n) is 2.31. The molecule has 0 bridgehead atoms. The molecule has 0 aliphatic carbocycles. The van der Waals surface area contributed by atoms with Crippen LogP contribution in [0.1, 0.15) is 23.2 Å².